The van der Waals surface area contributed by atoms with E-state index in [2.05, 4.69) is 43.0 Å². The minimum atomic E-state index is -0.377. The average Bonchev–Trinajstić information content (AvgIpc) is 2.99. The zero-order valence-corrected chi connectivity index (χ0v) is 13.5. The quantitative estimate of drug-likeness (QED) is 0.875. The van der Waals surface area contributed by atoms with Gasteiger partial charge in [0.2, 0.25) is 0 Å². The Morgan fingerprint density at radius 3 is 2.43 bits per heavy atom. The van der Waals surface area contributed by atoms with Crippen molar-refractivity contribution in [2.45, 2.75) is 69.9 Å². The van der Waals surface area contributed by atoms with Gasteiger partial charge in [-0.2, -0.15) is 0 Å². The van der Waals surface area contributed by atoms with Gasteiger partial charge >= 0.3 is 0 Å². The van der Waals surface area contributed by atoms with Crippen LogP contribution in [-0.2, 0) is 0 Å². The Balaban J connectivity index is 1.90. The molecule has 0 bridgehead atoms. The molecular formula is C19H29NO. The number of aliphatic hydroxyl groups excluding tert-OH is 1. The molecule has 0 aromatic heterocycles. The number of aliphatic hydroxyl groups is 1. The summed E-state index contributed by atoms with van der Waals surface area (Å²) in [6.07, 6.45) is 7.07. The first-order chi connectivity index (χ1) is 10.2. The van der Waals surface area contributed by atoms with Gasteiger partial charge in [-0.15, -0.1) is 0 Å². The van der Waals surface area contributed by atoms with Gasteiger partial charge in [-0.05, 0) is 69.2 Å². The lowest BCUT2D eigenvalue weighted by molar-refractivity contribution is -0.0148. The fraction of sp³-hybridized carbons (Fsp3) is 0.684. The zero-order chi connectivity index (χ0) is 14.9. The summed E-state index contributed by atoms with van der Waals surface area (Å²) < 4.78 is 0. The first kappa shape index (κ1) is 15.1. The molecule has 2 nitrogen and oxygen atoms in total. The van der Waals surface area contributed by atoms with E-state index in [9.17, 15) is 5.11 Å². The van der Waals surface area contributed by atoms with E-state index >= 15 is 0 Å². The molecule has 2 atom stereocenters. The van der Waals surface area contributed by atoms with Gasteiger partial charge in [0.25, 0.3) is 0 Å². The first-order valence-corrected chi connectivity index (χ1v) is 8.68. The Labute approximate surface area is 129 Å². The molecule has 1 saturated heterocycles. The number of nitrogens with zero attached hydrogens (tertiary/aromatic N) is 1. The van der Waals surface area contributed by atoms with Gasteiger partial charge in [-0.1, -0.05) is 37.6 Å². The molecule has 3 rings (SSSR count). The van der Waals surface area contributed by atoms with E-state index in [0.29, 0.717) is 5.92 Å². The van der Waals surface area contributed by atoms with Gasteiger partial charge < -0.3 is 5.11 Å². The Kier molecular flexibility index (Phi) is 4.37. The van der Waals surface area contributed by atoms with Crippen LogP contribution >= 0.6 is 0 Å². The van der Waals surface area contributed by atoms with Gasteiger partial charge in [0.1, 0.15) is 0 Å². The van der Waals surface area contributed by atoms with Gasteiger partial charge in [0.05, 0.1) is 6.10 Å². The highest BCUT2D eigenvalue weighted by Gasteiger charge is 2.40. The molecule has 0 radical (unpaired) electrons. The summed E-state index contributed by atoms with van der Waals surface area (Å²) in [7, 11) is 0. The Morgan fingerprint density at radius 2 is 1.86 bits per heavy atom. The van der Waals surface area contributed by atoms with Gasteiger partial charge in [0, 0.05) is 5.54 Å². The third kappa shape index (κ3) is 2.64. The average molecular weight is 287 g/mol. The van der Waals surface area contributed by atoms with E-state index in [0.717, 1.165) is 19.5 Å². The third-order valence-corrected chi connectivity index (χ3v) is 5.97. The van der Waals surface area contributed by atoms with E-state index < -0.39 is 0 Å². The van der Waals surface area contributed by atoms with Crippen LogP contribution in [0.1, 0.15) is 75.5 Å². The highest BCUT2D eigenvalue weighted by molar-refractivity contribution is 5.35. The van der Waals surface area contributed by atoms with Crippen molar-refractivity contribution in [2.75, 3.05) is 13.1 Å². The standard InChI is InChI=1S/C19H29NO/c1-3-19(2,20-13-6-7-14-20)18(21)17-12-5-4-11-16(17)15-9-8-10-15/h4-5,11-12,15,18,21H,3,6-10,13-14H2,1-2H3. The SMILES string of the molecule is CCC(C)(C(O)c1ccccc1C1CCC1)N1CCCC1. The maximum atomic E-state index is 11.2. The van der Waals surface area contributed by atoms with Crippen LogP contribution in [0.5, 0.6) is 0 Å². The van der Waals surface area contributed by atoms with E-state index in [1.165, 1.54) is 43.2 Å². The summed E-state index contributed by atoms with van der Waals surface area (Å²) in [5.41, 5.74) is 2.45. The smallest absolute Gasteiger partial charge is 0.0973 e. The number of likely N-dealkylation sites (tertiary alicyclic amines) is 1. The second kappa shape index (κ2) is 6.10. The topological polar surface area (TPSA) is 23.5 Å². The van der Waals surface area contributed by atoms with Crippen LogP contribution in [-0.4, -0.2) is 28.6 Å². The maximum Gasteiger partial charge on any atom is 0.0973 e. The molecule has 2 fully saturated rings. The van der Waals surface area contributed by atoms with Crippen molar-refractivity contribution in [3.63, 3.8) is 0 Å². The molecule has 1 aromatic rings. The van der Waals surface area contributed by atoms with Crippen LogP contribution in [0.25, 0.3) is 0 Å². The lowest BCUT2D eigenvalue weighted by Crippen LogP contribution is -2.49. The summed E-state index contributed by atoms with van der Waals surface area (Å²) in [6.45, 7) is 6.73. The van der Waals surface area contributed by atoms with Crippen molar-refractivity contribution in [3.8, 4) is 0 Å². The lowest BCUT2D eigenvalue weighted by Gasteiger charge is -2.43. The predicted molar refractivity (Wildman–Crippen MR) is 87.5 cm³/mol. The van der Waals surface area contributed by atoms with E-state index in [1.807, 2.05) is 0 Å². The van der Waals surface area contributed by atoms with Crippen molar-refractivity contribution < 1.29 is 5.11 Å². The fourth-order valence-electron chi connectivity index (χ4n) is 4.00. The summed E-state index contributed by atoms with van der Waals surface area (Å²) in [4.78, 5) is 2.51. The zero-order valence-electron chi connectivity index (χ0n) is 13.5. The molecule has 1 saturated carbocycles. The predicted octanol–water partition coefficient (Wildman–Crippen LogP) is 4.25. The van der Waals surface area contributed by atoms with E-state index in [-0.39, 0.29) is 11.6 Å². The van der Waals surface area contributed by atoms with E-state index in [4.69, 9.17) is 0 Å². The lowest BCUT2D eigenvalue weighted by atomic mass is 9.74. The highest BCUT2D eigenvalue weighted by atomic mass is 16.3. The van der Waals surface area contributed by atoms with Crippen molar-refractivity contribution in [2.24, 2.45) is 0 Å². The van der Waals surface area contributed by atoms with Crippen LogP contribution in [0.2, 0.25) is 0 Å². The molecule has 1 aromatic carbocycles. The Bertz CT molecular complexity index is 476. The minimum absolute atomic E-state index is 0.129. The summed E-state index contributed by atoms with van der Waals surface area (Å²) in [5, 5.41) is 11.2. The Hall–Kier alpha value is -0.860. The molecule has 1 aliphatic carbocycles. The second-order valence-electron chi connectivity index (χ2n) is 7.06. The number of rotatable bonds is 5. The number of hydrogen-bond acceptors (Lipinski definition) is 2. The van der Waals surface area contributed by atoms with E-state index in [1.54, 1.807) is 0 Å². The van der Waals surface area contributed by atoms with Crippen LogP contribution in [0.3, 0.4) is 0 Å². The summed E-state index contributed by atoms with van der Waals surface area (Å²) in [6, 6.07) is 8.61. The molecule has 2 heteroatoms. The molecule has 2 unspecified atom stereocenters. The molecule has 21 heavy (non-hydrogen) atoms. The number of hydrogen-bond donors (Lipinski definition) is 1. The molecule has 116 valence electrons. The Morgan fingerprint density at radius 1 is 1.19 bits per heavy atom. The molecule has 1 N–H and O–H groups in total. The van der Waals surface area contributed by atoms with Crippen molar-refractivity contribution in [1.82, 2.24) is 4.90 Å². The van der Waals surface area contributed by atoms with Gasteiger partial charge in [-0.3, -0.25) is 4.90 Å². The first-order valence-electron chi connectivity index (χ1n) is 8.68. The van der Waals surface area contributed by atoms with Crippen molar-refractivity contribution in [1.29, 1.82) is 0 Å². The maximum absolute atomic E-state index is 11.2. The number of benzene rings is 1. The molecule has 0 spiro atoms. The largest absolute Gasteiger partial charge is 0.386 e. The van der Waals surface area contributed by atoms with Crippen molar-refractivity contribution >= 4 is 0 Å². The minimum Gasteiger partial charge on any atom is -0.386 e. The molecule has 1 heterocycles. The molecule has 0 amide bonds. The second-order valence-corrected chi connectivity index (χ2v) is 7.06. The van der Waals surface area contributed by atoms with Crippen molar-refractivity contribution in [3.05, 3.63) is 35.4 Å². The summed E-state index contributed by atoms with van der Waals surface area (Å²) in [5.74, 6) is 0.676. The van der Waals surface area contributed by atoms with Crippen LogP contribution in [0.4, 0.5) is 0 Å². The summed E-state index contributed by atoms with van der Waals surface area (Å²) >= 11 is 0. The van der Waals surface area contributed by atoms with Crippen LogP contribution < -0.4 is 0 Å². The molecule has 1 aliphatic heterocycles. The van der Waals surface area contributed by atoms with Gasteiger partial charge in [-0.25, -0.2) is 0 Å². The third-order valence-electron chi connectivity index (χ3n) is 5.97. The van der Waals surface area contributed by atoms with Crippen LogP contribution in [0.15, 0.2) is 24.3 Å². The monoisotopic (exact) mass is 287 g/mol. The fourth-order valence-corrected chi connectivity index (χ4v) is 4.00. The molecule has 2 aliphatic rings. The molecular weight excluding hydrogens is 258 g/mol. The van der Waals surface area contributed by atoms with Crippen LogP contribution in [0, 0.1) is 0 Å². The van der Waals surface area contributed by atoms with Gasteiger partial charge in [0.15, 0.2) is 0 Å². The highest BCUT2D eigenvalue weighted by Crippen LogP contribution is 2.43. The normalized spacial score (nSPS) is 24.5.